The first-order valence-electron chi connectivity index (χ1n) is 6.89. The van der Waals surface area contributed by atoms with Gasteiger partial charge in [0, 0.05) is 40.0 Å². The molecule has 4 rings (SSSR count). The van der Waals surface area contributed by atoms with E-state index in [-0.39, 0.29) is 0 Å². The molecular weight excluding hydrogens is 326 g/mol. The van der Waals surface area contributed by atoms with Crippen LogP contribution in [0.4, 0.5) is 10.8 Å². The molecule has 3 heterocycles. The van der Waals surface area contributed by atoms with Crippen LogP contribution in [-0.4, -0.2) is 19.6 Å². The van der Waals surface area contributed by atoms with Crippen LogP contribution in [0.2, 0.25) is 0 Å². The molecule has 112 valence electrons. The molecule has 0 atom stereocenters. The first kappa shape index (κ1) is 14.0. The zero-order valence-corrected chi connectivity index (χ0v) is 13.5. The second-order valence-electron chi connectivity index (χ2n) is 4.77. The van der Waals surface area contributed by atoms with Gasteiger partial charge in [-0.1, -0.05) is 16.6 Å². The lowest BCUT2D eigenvalue weighted by Crippen LogP contribution is -1.90. The molecule has 0 spiro atoms. The van der Waals surface area contributed by atoms with E-state index in [1.807, 2.05) is 53.4 Å². The van der Waals surface area contributed by atoms with Gasteiger partial charge >= 0.3 is 0 Å². The molecule has 1 N–H and O–H groups in total. The van der Waals surface area contributed by atoms with Crippen LogP contribution >= 0.6 is 22.9 Å². The highest BCUT2D eigenvalue weighted by Gasteiger charge is 2.06. The number of rotatable bonds is 4. The molecule has 4 aromatic rings. The second-order valence-corrected chi connectivity index (χ2v) is 6.24. The molecule has 3 aromatic heterocycles. The van der Waals surface area contributed by atoms with Crippen molar-refractivity contribution < 1.29 is 0 Å². The van der Waals surface area contributed by atoms with Crippen molar-refractivity contribution in [3.63, 3.8) is 0 Å². The minimum atomic E-state index is 0.854. The predicted molar refractivity (Wildman–Crippen MR) is 94.0 cm³/mol. The summed E-state index contributed by atoms with van der Waals surface area (Å²) in [4.78, 5) is 8.72. The molecule has 0 radical (unpaired) electrons. The quantitative estimate of drug-likeness (QED) is 0.595. The summed E-state index contributed by atoms with van der Waals surface area (Å²) in [5, 5.41) is 12.2. The number of nitrogens with one attached hydrogen (secondary N) is 1. The Morgan fingerprint density at radius 2 is 1.83 bits per heavy atom. The normalized spacial score (nSPS) is 10.6. The topological polar surface area (TPSA) is 63.6 Å². The maximum atomic E-state index is 4.59. The molecule has 0 amide bonds. The highest BCUT2D eigenvalue weighted by molar-refractivity contribution is 7.14. The zero-order chi connectivity index (χ0) is 15.5. The first-order valence-corrected chi connectivity index (χ1v) is 8.60. The predicted octanol–water partition coefficient (Wildman–Crippen LogP) is 4.47. The number of anilines is 2. The largest absolute Gasteiger partial charge is 0.332 e. The SMILES string of the molecule is c1cncc(-c2csc(Nc3ccc(-c4csnn4)cc3)n2)c1. The Kier molecular flexibility index (Phi) is 3.79. The van der Waals surface area contributed by atoms with Gasteiger partial charge in [0.2, 0.25) is 0 Å². The third-order valence-electron chi connectivity index (χ3n) is 3.25. The fourth-order valence-corrected chi connectivity index (χ4v) is 3.32. The van der Waals surface area contributed by atoms with Crippen LogP contribution in [0.3, 0.4) is 0 Å². The number of aromatic nitrogens is 4. The molecule has 0 saturated carbocycles. The fraction of sp³-hybridized carbons (Fsp3) is 0. The van der Waals surface area contributed by atoms with Crippen molar-refractivity contribution in [3.8, 4) is 22.5 Å². The molecule has 0 aliphatic carbocycles. The van der Waals surface area contributed by atoms with E-state index in [1.165, 1.54) is 11.5 Å². The van der Waals surface area contributed by atoms with Crippen LogP contribution in [0, 0.1) is 0 Å². The number of hydrogen-bond acceptors (Lipinski definition) is 7. The van der Waals surface area contributed by atoms with Crippen LogP contribution in [0.5, 0.6) is 0 Å². The molecule has 23 heavy (non-hydrogen) atoms. The van der Waals surface area contributed by atoms with E-state index in [9.17, 15) is 0 Å². The van der Waals surface area contributed by atoms with Gasteiger partial charge in [-0.15, -0.1) is 16.4 Å². The van der Waals surface area contributed by atoms with E-state index in [1.54, 1.807) is 17.5 Å². The monoisotopic (exact) mass is 337 g/mol. The lowest BCUT2D eigenvalue weighted by atomic mass is 10.1. The summed E-state index contributed by atoms with van der Waals surface area (Å²) in [5.74, 6) is 0. The number of benzene rings is 1. The van der Waals surface area contributed by atoms with Crippen LogP contribution in [0.25, 0.3) is 22.5 Å². The van der Waals surface area contributed by atoms with Gasteiger partial charge in [-0.2, -0.15) is 0 Å². The summed E-state index contributed by atoms with van der Waals surface area (Å²) in [6.07, 6.45) is 3.57. The van der Waals surface area contributed by atoms with Crippen molar-refractivity contribution in [2.75, 3.05) is 5.32 Å². The molecule has 1 aromatic carbocycles. The van der Waals surface area contributed by atoms with E-state index >= 15 is 0 Å². The minimum Gasteiger partial charge on any atom is -0.332 e. The summed E-state index contributed by atoms with van der Waals surface area (Å²) < 4.78 is 3.88. The number of hydrogen-bond donors (Lipinski definition) is 1. The Labute approximate surface area is 140 Å². The Morgan fingerprint density at radius 3 is 2.57 bits per heavy atom. The van der Waals surface area contributed by atoms with Gasteiger partial charge in [0.1, 0.15) is 5.69 Å². The summed E-state index contributed by atoms with van der Waals surface area (Å²) in [5.41, 5.74) is 4.89. The minimum absolute atomic E-state index is 0.854. The molecule has 0 unspecified atom stereocenters. The molecule has 5 nitrogen and oxygen atoms in total. The summed E-state index contributed by atoms with van der Waals surface area (Å²) in [6.45, 7) is 0. The standard InChI is InChI=1S/C16H11N5S2/c1-2-12(8-17-7-1)14-9-22-16(19-14)18-13-5-3-11(4-6-13)15-10-23-21-20-15/h1-10H,(H,18,19). The van der Waals surface area contributed by atoms with Gasteiger partial charge in [0.25, 0.3) is 0 Å². The molecule has 0 aliphatic heterocycles. The van der Waals surface area contributed by atoms with E-state index in [0.29, 0.717) is 0 Å². The number of thiazole rings is 1. The van der Waals surface area contributed by atoms with Gasteiger partial charge in [0.15, 0.2) is 5.13 Å². The Morgan fingerprint density at radius 1 is 0.913 bits per heavy atom. The summed E-state index contributed by atoms with van der Waals surface area (Å²) in [7, 11) is 0. The van der Waals surface area contributed by atoms with E-state index in [4.69, 9.17) is 0 Å². The van der Waals surface area contributed by atoms with E-state index in [2.05, 4.69) is 24.9 Å². The molecule has 0 fully saturated rings. The third-order valence-corrected chi connectivity index (χ3v) is 4.52. The first-order chi connectivity index (χ1) is 11.4. The number of nitrogens with zero attached hydrogens (tertiary/aromatic N) is 4. The van der Waals surface area contributed by atoms with Gasteiger partial charge in [-0.05, 0) is 35.8 Å². The highest BCUT2D eigenvalue weighted by Crippen LogP contribution is 2.27. The van der Waals surface area contributed by atoms with Crippen LogP contribution < -0.4 is 5.32 Å². The van der Waals surface area contributed by atoms with Crippen molar-refractivity contribution in [3.05, 3.63) is 59.6 Å². The fourth-order valence-electron chi connectivity index (χ4n) is 2.12. The zero-order valence-electron chi connectivity index (χ0n) is 11.9. The van der Waals surface area contributed by atoms with Crippen molar-refractivity contribution in [2.45, 2.75) is 0 Å². The van der Waals surface area contributed by atoms with Crippen molar-refractivity contribution in [2.24, 2.45) is 0 Å². The van der Waals surface area contributed by atoms with Gasteiger partial charge in [0.05, 0.1) is 5.69 Å². The molecule has 0 aliphatic rings. The van der Waals surface area contributed by atoms with E-state index in [0.717, 1.165) is 33.3 Å². The summed E-state index contributed by atoms with van der Waals surface area (Å²) in [6, 6.07) is 12.0. The van der Waals surface area contributed by atoms with Crippen LogP contribution in [0.15, 0.2) is 59.6 Å². The van der Waals surface area contributed by atoms with Crippen LogP contribution in [-0.2, 0) is 0 Å². The molecule has 0 bridgehead atoms. The Balaban J connectivity index is 1.51. The average Bonchev–Trinajstić information content (AvgIpc) is 3.28. The average molecular weight is 337 g/mol. The molecule has 7 heteroatoms. The van der Waals surface area contributed by atoms with E-state index < -0.39 is 0 Å². The van der Waals surface area contributed by atoms with Gasteiger partial charge in [-0.3, -0.25) is 4.98 Å². The van der Waals surface area contributed by atoms with Gasteiger partial charge < -0.3 is 5.32 Å². The second kappa shape index (κ2) is 6.23. The van der Waals surface area contributed by atoms with Crippen molar-refractivity contribution in [1.82, 2.24) is 19.6 Å². The van der Waals surface area contributed by atoms with Crippen LogP contribution in [0.1, 0.15) is 0 Å². The summed E-state index contributed by atoms with van der Waals surface area (Å²) >= 11 is 2.92. The Hall–Kier alpha value is -2.64. The molecular formula is C16H11N5S2. The lowest BCUT2D eigenvalue weighted by Gasteiger charge is -2.03. The Bertz CT molecular complexity index is 886. The third kappa shape index (κ3) is 3.10. The maximum Gasteiger partial charge on any atom is 0.187 e. The van der Waals surface area contributed by atoms with Crippen molar-refractivity contribution in [1.29, 1.82) is 0 Å². The lowest BCUT2D eigenvalue weighted by molar-refractivity contribution is 1.16. The van der Waals surface area contributed by atoms with Gasteiger partial charge in [-0.25, -0.2) is 4.98 Å². The number of pyridine rings is 1. The van der Waals surface area contributed by atoms with Crippen molar-refractivity contribution >= 4 is 33.7 Å². The smallest absolute Gasteiger partial charge is 0.187 e. The highest BCUT2D eigenvalue weighted by atomic mass is 32.1. The molecule has 0 saturated heterocycles. The maximum absolute atomic E-state index is 4.59.